The molecule has 67 heavy (non-hydrogen) atoms. The minimum atomic E-state index is -0.482. The van der Waals surface area contributed by atoms with E-state index in [1.807, 2.05) is 0 Å². The lowest BCUT2D eigenvalue weighted by Gasteiger charge is -2.35. The van der Waals surface area contributed by atoms with Crippen LogP contribution >= 0.6 is 0 Å². The van der Waals surface area contributed by atoms with E-state index in [0.29, 0.717) is 0 Å². The van der Waals surface area contributed by atoms with E-state index in [1.165, 1.54) is 99.9 Å². The summed E-state index contributed by atoms with van der Waals surface area (Å²) in [5, 5.41) is 2.39. The van der Waals surface area contributed by atoms with Gasteiger partial charge in [0.2, 0.25) is 0 Å². The van der Waals surface area contributed by atoms with E-state index < -0.39 is 5.41 Å². The quantitative estimate of drug-likeness (QED) is 0.171. The van der Waals surface area contributed by atoms with Gasteiger partial charge in [0, 0.05) is 33.0 Å². The standard InChI is InChI=1S/C65H53NO/c1-62(2,3)42-30-36-57-50(38-42)60-58(67-57)37-35-54-59(60)49-23-17-27-56(61(49)64(54,6)7)66(44-33-34-48-45-20-11-14-24-51(45)63(4,5)55(48)39-44)43-31-28-41(29-32-43)65(40-18-9-8-10-19-40)52-25-15-12-21-46(52)47-22-13-16-26-53(47)65/h8-39H,1-7H3. The van der Waals surface area contributed by atoms with Gasteiger partial charge in [0.1, 0.15) is 11.2 Å². The molecule has 0 aliphatic heterocycles. The molecule has 0 fully saturated rings. The summed E-state index contributed by atoms with van der Waals surface area (Å²) in [4.78, 5) is 2.55. The molecule has 0 N–H and O–H groups in total. The third kappa shape index (κ3) is 5.39. The number of benzene rings is 9. The van der Waals surface area contributed by atoms with Crippen LogP contribution in [0, 0.1) is 0 Å². The zero-order valence-electron chi connectivity index (χ0n) is 39.3. The molecule has 9 aromatic carbocycles. The summed E-state index contributed by atoms with van der Waals surface area (Å²) in [6.45, 7) is 16.5. The van der Waals surface area contributed by atoms with Crippen LogP contribution in [0.5, 0.6) is 0 Å². The monoisotopic (exact) mass is 863 g/mol. The molecular formula is C65H53NO. The SMILES string of the molecule is CC(C)(C)c1ccc2oc3ccc4c(c3c2c1)-c1cccc(N(c2ccc(C3(c5ccccc5)c5ccccc5-c5ccccc53)cc2)c2ccc3c(c2)C(C)(C)c2ccccc2-3)c1C4(C)C. The number of anilines is 3. The van der Waals surface area contributed by atoms with Crippen LogP contribution in [0.2, 0.25) is 0 Å². The Morgan fingerprint density at radius 3 is 1.67 bits per heavy atom. The van der Waals surface area contributed by atoms with Crippen molar-refractivity contribution < 1.29 is 4.42 Å². The highest BCUT2D eigenvalue weighted by atomic mass is 16.3. The average Bonchev–Trinajstić information content (AvgIpc) is 4.01. The largest absolute Gasteiger partial charge is 0.456 e. The summed E-state index contributed by atoms with van der Waals surface area (Å²) >= 11 is 0. The molecule has 0 saturated heterocycles. The van der Waals surface area contributed by atoms with Crippen molar-refractivity contribution in [2.75, 3.05) is 4.90 Å². The number of hydrogen-bond acceptors (Lipinski definition) is 2. The molecule has 1 heterocycles. The fourth-order valence-electron chi connectivity index (χ4n) is 12.7. The van der Waals surface area contributed by atoms with Gasteiger partial charge in [-0.05, 0) is 137 Å². The average molecular weight is 864 g/mol. The zero-order chi connectivity index (χ0) is 45.6. The molecular weight excluding hydrogens is 811 g/mol. The number of nitrogens with zero attached hydrogens (tertiary/aromatic N) is 1. The highest BCUT2D eigenvalue weighted by Gasteiger charge is 2.46. The first-order valence-corrected chi connectivity index (χ1v) is 23.9. The number of rotatable bonds is 5. The van der Waals surface area contributed by atoms with Crippen molar-refractivity contribution in [2.24, 2.45) is 0 Å². The lowest BCUT2D eigenvalue weighted by molar-refractivity contribution is 0.590. The van der Waals surface area contributed by atoms with Crippen molar-refractivity contribution >= 4 is 39.0 Å². The Balaban J connectivity index is 1.05. The first kappa shape index (κ1) is 39.9. The van der Waals surface area contributed by atoms with Crippen molar-refractivity contribution in [2.45, 2.75) is 70.1 Å². The zero-order valence-corrected chi connectivity index (χ0v) is 39.3. The third-order valence-electron chi connectivity index (χ3n) is 15.9. The van der Waals surface area contributed by atoms with E-state index in [1.54, 1.807) is 0 Å². The van der Waals surface area contributed by atoms with Crippen molar-refractivity contribution in [3.63, 3.8) is 0 Å². The predicted octanol–water partition coefficient (Wildman–Crippen LogP) is 17.3. The van der Waals surface area contributed by atoms with E-state index in [0.717, 1.165) is 22.5 Å². The van der Waals surface area contributed by atoms with Crippen LogP contribution in [0.3, 0.4) is 0 Å². The Morgan fingerprint density at radius 2 is 0.985 bits per heavy atom. The first-order valence-electron chi connectivity index (χ1n) is 23.9. The van der Waals surface area contributed by atoms with Crippen LogP contribution in [0.1, 0.15) is 98.5 Å². The van der Waals surface area contributed by atoms with Crippen molar-refractivity contribution in [1.82, 2.24) is 0 Å². The second kappa shape index (κ2) is 13.8. The van der Waals surface area contributed by atoms with Gasteiger partial charge in [0.15, 0.2) is 0 Å². The second-order valence-corrected chi connectivity index (χ2v) is 21.2. The molecule has 13 rings (SSSR count). The van der Waals surface area contributed by atoms with Crippen LogP contribution in [-0.2, 0) is 21.7 Å². The number of hydrogen-bond donors (Lipinski definition) is 0. The smallest absolute Gasteiger partial charge is 0.136 e. The van der Waals surface area contributed by atoms with Crippen molar-refractivity contribution in [1.29, 1.82) is 0 Å². The molecule has 2 nitrogen and oxygen atoms in total. The van der Waals surface area contributed by atoms with Gasteiger partial charge in [-0.25, -0.2) is 0 Å². The first-order chi connectivity index (χ1) is 32.4. The highest BCUT2D eigenvalue weighted by Crippen LogP contribution is 2.60. The molecule has 2 heteroatoms. The molecule has 0 bridgehead atoms. The molecule has 0 spiro atoms. The fraction of sp³-hybridized carbons (Fsp3) is 0.169. The molecule has 3 aliphatic rings. The summed E-state index contributed by atoms with van der Waals surface area (Å²) in [5.41, 5.74) is 24.0. The van der Waals surface area contributed by atoms with E-state index in [2.05, 4.69) is 247 Å². The van der Waals surface area contributed by atoms with Gasteiger partial charge in [-0.15, -0.1) is 0 Å². The van der Waals surface area contributed by atoms with E-state index in [-0.39, 0.29) is 16.2 Å². The van der Waals surface area contributed by atoms with E-state index in [9.17, 15) is 0 Å². The number of furan rings is 1. The van der Waals surface area contributed by atoms with Crippen molar-refractivity contribution in [3.8, 4) is 33.4 Å². The summed E-state index contributed by atoms with van der Waals surface area (Å²) < 4.78 is 6.66. The lowest BCUT2D eigenvalue weighted by atomic mass is 9.67. The molecule has 0 unspecified atom stereocenters. The van der Waals surface area contributed by atoms with E-state index >= 15 is 0 Å². The molecule has 0 saturated carbocycles. The molecule has 324 valence electrons. The maximum absolute atomic E-state index is 6.66. The fourth-order valence-corrected chi connectivity index (χ4v) is 12.7. The minimum absolute atomic E-state index is 0.00715. The normalized spacial score (nSPS) is 15.4. The van der Waals surface area contributed by atoms with Crippen LogP contribution in [0.4, 0.5) is 17.1 Å². The van der Waals surface area contributed by atoms with Gasteiger partial charge >= 0.3 is 0 Å². The second-order valence-electron chi connectivity index (χ2n) is 21.2. The summed E-state index contributed by atoms with van der Waals surface area (Å²) in [5.74, 6) is 0. The molecule has 0 amide bonds. The van der Waals surface area contributed by atoms with Gasteiger partial charge in [0.25, 0.3) is 0 Å². The van der Waals surface area contributed by atoms with Gasteiger partial charge < -0.3 is 9.32 Å². The molecule has 10 aromatic rings. The van der Waals surface area contributed by atoms with Crippen molar-refractivity contribution in [3.05, 3.63) is 244 Å². The topological polar surface area (TPSA) is 16.4 Å². The molecule has 3 aliphatic carbocycles. The maximum atomic E-state index is 6.66. The molecule has 1 aromatic heterocycles. The summed E-state index contributed by atoms with van der Waals surface area (Å²) in [6.07, 6.45) is 0. The predicted molar refractivity (Wildman–Crippen MR) is 280 cm³/mol. The van der Waals surface area contributed by atoms with E-state index in [4.69, 9.17) is 4.42 Å². The van der Waals surface area contributed by atoms with Crippen LogP contribution in [0.15, 0.2) is 199 Å². The van der Waals surface area contributed by atoms with Crippen LogP contribution in [-0.4, -0.2) is 0 Å². The molecule has 0 radical (unpaired) electrons. The Labute approximate surface area is 394 Å². The Hall–Kier alpha value is -7.42. The van der Waals surface area contributed by atoms with Gasteiger partial charge in [-0.2, -0.15) is 0 Å². The highest BCUT2D eigenvalue weighted by molar-refractivity contribution is 6.16. The van der Waals surface area contributed by atoms with Gasteiger partial charge in [0.05, 0.1) is 11.1 Å². The number of fused-ring (bicyclic) bond motifs is 13. The van der Waals surface area contributed by atoms with Crippen LogP contribution in [0.25, 0.3) is 55.3 Å². The van der Waals surface area contributed by atoms with Gasteiger partial charge in [-0.3, -0.25) is 0 Å². The van der Waals surface area contributed by atoms with Gasteiger partial charge in [-0.1, -0.05) is 194 Å². The Bertz CT molecular complexity index is 3620. The summed E-state index contributed by atoms with van der Waals surface area (Å²) in [7, 11) is 0. The summed E-state index contributed by atoms with van der Waals surface area (Å²) in [6, 6.07) is 73.1. The Kier molecular flexibility index (Phi) is 8.23. The Morgan fingerprint density at radius 1 is 0.418 bits per heavy atom. The lowest BCUT2D eigenvalue weighted by Crippen LogP contribution is -2.28. The third-order valence-corrected chi connectivity index (χ3v) is 15.9. The van der Waals surface area contributed by atoms with Crippen LogP contribution < -0.4 is 4.90 Å². The minimum Gasteiger partial charge on any atom is -0.456 e. The maximum Gasteiger partial charge on any atom is 0.136 e. The molecule has 0 atom stereocenters.